The smallest absolute Gasteiger partial charge is 0.184 e. The number of rotatable bonds is 2. The van der Waals surface area contributed by atoms with Crippen LogP contribution in [0.4, 0.5) is 0 Å². The van der Waals surface area contributed by atoms with E-state index in [9.17, 15) is 10.2 Å². The SMILES string of the molecule is Oc1cc(Br)ccc1Oc1c(O)cc(Br)c(Br)c1Br. The molecule has 2 aromatic rings. The van der Waals surface area contributed by atoms with Crippen LogP contribution in [0, 0.1) is 0 Å². The van der Waals surface area contributed by atoms with E-state index in [2.05, 4.69) is 63.7 Å². The minimum atomic E-state index is -0.0516. The maximum Gasteiger partial charge on any atom is 0.184 e. The molecule has 0 heterocycles. The fourth-order valence-electron chi connectivity index (χ4n) is 1.35. The van der Waals surface area contributed by atoms with E-state index in [1.807, 2.05) is 0 Å². The summed E-state index contributed by atoms with van der Waals surface area (Å²) in [5.74, 6) is 0.380. The molecule has 0 fully saturated rings. The van der Waals surface area contributed by atoms with Crippen LogP contribution < -0.4 is 4.74 Å². The molecule has 0 aliphatic carbocycles. The van der Waals surface area contributed by atoms with Gasteiger partial charge in [-0.2, -0.15) is 0 Å². The molecular formula is C12H6Br4O3. The summed E-state index contributed by atoms with van der Waals surface area (Å²) in [6.07, 6.45) is 0. The van der Waals surface area contributed by atoms with Crippen LogP contribution >= 0.6 is 63.7 Å². The van der Waals surface area contributed by atoms with Crippen LogP contribution in [0.2, 0.25) is 0 Å². The van der Waals surface area contributed by atoms with Gasteiger partial charge in [-0.3, -0.25) is 0 Å². The summed E-state index contributed by atoms with van der Waals surface area (Å²) >= 11 is 13.2. The fourth-order valence-corrected chi connectivity index (χ4v) is 3.17. The third-order valence-corrected chi connectivity index (χ3v) is 5.99. The Morgan fingerprint density at radius 3 is 2.16 bits per heavy atom. The molecule has 0 bridgehead atoms. The van der Waals surface area contributed by atoms with Crippen LogP contribution in [0.1, 0.15) is 0 Å². The quantitative estimate of drug-likeness (QED) is 0.485. The third-order valence-electron chi connectivity index (χ3n) is 2.23. The Morgan fingerprint density at radius 1 is 0.842 bits per heavy atom. The second kappa shape index (κ2) is 6.03. The van der Waals surface area contributed by atoms with E-state index in [0.29, 0.717) is 13.4 Å². The highest BCUT2D eigenvalue weighted by Crippen LogP contribution is 2.47. The standard InChI is InChI=1S/C12H6Br4O3/c13-5-1-2-9(7(17)3-5)19-12-8(18)4-6(14)10(15)11(12)16/h1-4,17-18H. The number of aromatic hydroxyl groups is 2. The normalized spacial score (nSPS) is 10.5. The van der Waals surface area contributed by atoms with Crippen LogP contribution in [0.15, 0.2) is 42.2 Å². The molecule has 0 radical (unpaired) electrons. The van der Waals surface area contributed by atoms with E-state index in [4.69, 9.17) is 4.74 Å². The first-order valence-electron chi connectivity index (χ1n) is 4.93. The molecule has 0 saturated heterocycles. The van der Waals surface area contributed by atoms with Crippen molar-refractivity contribution in [2.75, 3.05) is 0 Å². The monoisotopic (exact) mass is 514 g/mol. The Balaban J connectivity index is 2.47. The predicted molar refractivity (Wildman–Crippen MR) is 87.1 cm³/mol. The van der Waals surface area contributed by atoms with Crippen molar-refractivity contribution < 1.29 is 14.9 Å². The Morgan fingerprint density at radius 2 is 1.53 bits per heavy atom. The highest BCUT2D eigenvalue weighted by Gasteiger charge is 2.17. The zero-order valence-corrected chi connectivity index (χ0v) is 15.5. The topological polar surface area (TPSA) is 49.7 Å². The largest absolute Gasteiger partial charge is 0.504 e. The van der Waals surface area contributed by atoms with E-state index < -0.39 is 0 Å². The molecule has 100 valence electrons. The van der Waals surface area contributed by atoms with Gasteiger partial charge in [-0.1, -0.05) is 15.9 Å². The van der Waals surface area contributed by atoms with Gasteiger partial charge in [0.2, 0.25) is 0 Å². The van der Waals surface area contributed by atoms with E-state index in [0.717, 1.165) is 4.47 Å². The highest BCUT2D eigenvalue weighted by molar-refractivity contribution is 9.14. The number of hydrogen-bond donors (Lipinski definition) is 2. The first kappa shape index (κ1) is 15.2. The first-order valence-corrected chi connectivity index (χ1v) is 8.10. The number of benzene rings is 2. The maximum absolute atomic E-state index is 9.91. The minimum absolute atomic E-state index is 0.0280. The lowest BCUT2D eigenvalue weighted by Gasteiger charge is -2.13. The number of phenolic OH excluding ortho intramolecular Hbond substituents is 2. The van der Waals surface area contributed by atoms with Crippen molar-refractivity contribution in [2.45, 2.75) is 0 Å². The Labute approximate surface area is 143 Å². The molecule has 2 aromatic carbocycles. The third kappa shape index (κ3) is 3.26. The molecule has 0 amide bonds. The highest BCUT2D eigenvalue weighted by atomic mass is 79.9. The van der Waals surface area contributed by atoms with Crippen LogP contribution in [0.25, 0.3) is 0 Å². The van der Waals surface area contributed by atoms with Crippen LogP contribution in [0.5, 0.6) is 23.0 Å². The molecule has 7 heteroatoms. The van der Waals surface area contributed by atoms with Crippen molar-refractivity contribution in [3.63, 3.8) is 0 Å². The molecule has 0 saturated carbocycles. The summed E-state index contributed by atoms with van der Waals surface area (Å²) in [7, 11) is 0. The van der Waals surface area contributed by atoms with Crippen molar-refractivity contribution in [2.24, 2.45) is 0 Å². The lowest BCUT2D eigenvalue weighted by Crippen LogP contribution is -1.89. The lowest BCUT2D eigenvalue weighted by atomic mass is 10.3. The molecule has 2 N–H and O–H groups in total. The van der Waals surface area contributed by atoms with Gasteiger partial charge < -0.3 is 14.9 Å². The Bertz CT molecular complexity index is 643. The van der Waals surface area contributed by atoms with Gasteiger partial charge in [0.1, 0.15) is 0 Å². The second-order valence-electron chi connectivity index (χ2n) is 3.55. The zero-order chi connectivity index (χ0) is 14.2. The van der Waals surface area contributed by atoms with Gasteiger partial charge in [0.25, 0.3) is 0 Å². The molecule has 0 aliphatic heterocycles. The molecule has 0 aromatic heterocycles. The predicted octanol–water partition coefficient (Wildman–Crippen LogP) is 5.94. The Kier molecular flexibility index (Phi) is 4.81. The van der Waals surface area contributed by atoms with Crippen molar-refractivity contribution in [3.8, 4) is 23.0 Å². The van der Waals surface area contributed by atoms with Gasteiger partial charge in [0.15, 0.2) is 23.0 Å². The summed E-state index contributed by atoms with van der Waals surface area (Å²) in [4.78, 5) is 0. The summed E-state index contributed by atoms with van der Waals surface area (Å²) in [5, 5.41) is 19.7. The molecule has 3 nitrogen and oxygen atoms in total. The van der Waals surface area contributed by atoms with Gasteiger partial charge >= 0.3 is 0 Å². The average Bonchev–Trinajstić information content (AvgIpc) is 2.34. The van der Waals surface area contributed by atoms with Gasteiger partial charge in [-0.05, 0) is 72.1 Å². The summed E-state index contributed by atoms with van der Waals surface area (Å²) in [6, 6.07) is 6.34. The van der Waals surface area contributed by atoms with Crippen LogP contribution in [-0.4, -0.2) is 10.2 Å². The van der Waals surface area contributed by atoms with Crippen LogP contribution in [0.3, 0.4) is 0 Å². The van der Waals surface area contributed by atoms with Crippen LogP contribution in [-0.2, 0) is 0 Å². The molecule has 0 atom stereocenters. The zero-order valence-electron chi connectivity index (χ0n) is 9.12. The van der Waals surface area contributed by atoms with Gasteiger partial charge in [0, 0.05) is 13.4 Å². The van der Waals surface area contributed by atoms with Crippen molar-refractivity contribution in [1.29, 1.82) is 0 Å². The number of phenols is 2. The average molecular weight is 518 g/mol. The van der Waals surface area contributed by atoms with E-state index >= 15 is 0 Å². The maximum atomic E-state index is 9.91. The first-order chi connectivity index (χ1) is 8.90. The summed E-state index contributed by atoms with van der Waals surface area (Å²) < 4.78 is 8.21. The van der Waals surface area contributed by atoms with E-state index in [-0.39, 0.29) is 23.0 Å². The van der Waals surface area contributed by atoms with Gasteiger partial charge in [-0.25, -0.2) is 0 Å². The number of ether oxygens (including phenoxy) is 1. The van der Waals surface area contributed by atoms with E-state index in [1.165, 1.54) is 12.1 Å². The molecular weight excluding hydrogens is 512 g/mol. The van der Waals surface area contributed by atoms with Crippen molar-refractivity contribution in [1.82, 2.24) is 0 Å². The van der Waals surface area contributed by atoms with Gasteiger partial charge in [0.05, 0.1) is 4.47 Å². The van der Waals surface area contributed by atoms with Crippen molar-refractivity contribution >= 4 is 63.7 Å². The minimum Gasteiger partial charge on any atom is -0.504 e. The number of halogens is 4. The summed E-state index contributed by atoms with van der Waals surface area (Å²) in [6.45, 7) is 0. The number of hydrogen-bond acceptors (Lipinski definition) is 3. The molecule has 2 rings (SSSR count). The molecule has 0 unspecified atom stereocenters. The lowest BCUT2D eigenvalue weighted by molar-refractivity contribution is 0.383. The fraction of sp³-hybridized carbons (Fsp3) is 0. The van der Waals surface area contributed by atoms with E-state index in [1.54, 1.807) is 12.1 Å². The van der Waals surface area contributed by atoms with Gasteiger partial charge in [-0.15, -0.1) is 0 Å². The second-order valence-corrected chi connectivity index (χ2v) is 6.90. The Hall–Kier alpha value is -0.240. The van der Waals surface area contributed by atoms with Crippen molar-refractivity contribution in [3.05, 3.63) is 42.2 Å². The summed E-state index contributed by atoms with van der Waals surface area (Å²) in [5.41, 5.74) is 0. The molecule has 0 aliphatic rings. The molecule has 0 spiro atoms. The molecule has 19 heavy (non-hydrogen) atoms.